The molecule has 1 aromatic carbocycles. The lowest BCUT2D eigenvalue weighted by Gasteiger charge is -2.22. The van der Waals surface area contributed by atoms with Crippen LogP contribution in [0.5, 0.6) is 0 Å². The molecule has 0 radical (unpaired) electrons. The van der Waals surface area contributed by atoms with Crippen molar-refractivity contribution in [1.29, 1.82) is 0 Å². The third kappa shape index (κ3) is 4.57. The smallest absolute Gasteiger partial charge is 0.291 e. The van der Waals surface area contributed by atoms with Gasteiger partial charge in [0, 0.05) is 6.54 Å². The number of rotatable bonds is 5. The number of benzene rings is 1. The first-order valence-corrected chi connectivity index (χ1v) is 9.84. The van der Waals surface area contributed by atoms with Gasteiger partial charge in [-0.2, -0.15) is 0 Å². The number of thiophene rings is 1. The molecule has 4 rings (SSSR count). The Morgan fingerprint density at radius 3 is 2.96 bits per heavy atom. The van der Waals surface area contributed by atoms with E-state index in [1.807, 2.05) is 17.5 Å². The van der Waals surface area contributed by atoms with Gasteiger partial charge >= 0.3 is 0 Å². The molecule has 2 N–H and O–H groups in total. The fraction of sp³-hybridized carbons (Fsp3) is 0.316. The van der Waals surface area contributed by atoms with E-state index in [-0.39, 0.29) is 30.0 Å². The highest BCUT2D eigenvalue weighted by molar-refractivity contribution is 7.13. The minimum Gasteiger partial charge on any atom is -0.349 e. The lowest BCUT2D eigenvalue weighted by Crippen LogP contribution is -2.38. The van der Waals surface area contributed by atoms with E-state index in [0.717, 1.165) is 30.8 Å². The van der Waals surface area contributed by atoms with Crippen LogP contribution in [0.25, 0.3) is 16.4 Å². The Balaban J connectivity index is 0.00000225. The Bertz CT molecular complexity index is 924. The summed E-state index contributed by atoms with van der Waals surface area (Å²) in [5, 5.41) is 12.6. The summed E-state index contributed by atoms with van der Waals surface area (Å²) in [5.41, 5.74) is 0.529. The summed E-state index contributed by atoms with van der Waals surface area (Å²) in [4.78, 5) is 17.9. The third-order valence-corrected chi connectivity index (χ3v) is 5.42. The maximum absolute atomic E-state index is 13.7. The number of halogens is 2. The van der Waals surface area contributed by atoms with E-state index in [1.165, 1.54) is 28.2 Å². The average Bonchev–Trinajstić information content (AvgIpc) is 3.36. The highest BCUT2D eigenvalue weighted by atomic mass is 35.5. The maximum atomic E-state index is 13.7. The number of carbonyl (C=O) groups is 1. The monoisotopic (exact) mass is 421 g/mol. The molecule has 148 valence electrons. The second kappa shape index (κ2) is 9.27. The molecule has 6 nitrogen and oxygen atoms in total. The summed E-state index contributed by atoms with van der Waals surface area (Å²) in [7, 11) is 0. The van der Waals surface area contributed by atoms with Crippen molar-refractivity contribution in [3.63, 3.8) is 0 Å². The molecule has 1 unspecified atom stereocenters. The van der Waals surface area contributed by atoms with Gasteiger partial charge in [-0.25, -0.2) is 14.1 Å². The molecule has 1 aliphatic heterocycles. The highest BCUT2D eigenvalue weighted by Crippen LogP contribution is 2.25. The molecule has 1 saturated heterocycles. The van der Waals surface area contributed by atoms with Crippen LogP contribution in [0.4, 0.5) is 4.39 Å². The summed E-state index contributed by atoms with van der Waals surface area (Å²) < 4.78 is 15.2. The predicted octanol–water partition coefficient (Wildman–Crippen LogP) is 3.29. The van der Waals surface area contributed by atoms with E-state index in [0.29, 0.717) is 24.0 Å². The Morgan fingerprint density at radius 2 is 2.25 bits per heavy atom. The first-order chi connectivity index (χ1) is 13.2. The van der Waals surface area contributed by atoms with Crippen LogP contribution in [0.3, 0.4) is 0 Å². The molecular formula is C19H21ClFN5OS. The summed E-state index contributed by atoms with van der Waals surface area (Å²) in [5.74, 6) is 0.362. The number of hydrogen-bond donors (Lipinski definition) is 2. The van der Waals surface area contributed by atoms with Crippen LogP contribution in [0.1, 0.15) is 23.5 Å². The second-order valence-electron chi connectivity index (χ2n) is 6.55. The molecule has 28 heavy (non-hydrogen) atoms. The third-order valence-electron chi connectivity index (χ3n) is 4.55. The van der Waals surface area contributed by atoms with Gasteiger partial charge in [-0.15, -0.1) is 28.8 Å². The van der Waals surface area contributed by atoms with Crippen molar-refractivity contribution in [3.8, 4) is 16.4 Å². The van der Waals surface area contributed by atoms with Gasteiger partial charge in [0.25, 0.3) is 5.91 Å². The number of nitrogens with zero attached hydrogens (tertiary/aromatic N) is 3. The van der Waals surface area contributed by atoms with E-state index in [4.69, 9.17) is 0 Å². The van der Waals surface area contributed by atoms with Crippen molar-refractivity contribution in [2.75, 3.05) is 19.6 Å². The number of piperidine rings is 1. The molecule has 0 aliphatic carbocycles. The largest absolute Gasteiger partial charge is 0.349 e. The molecule has 2 aromatic heterocycles. The van der Waals surface area contributed by atoms with E-state index in [2.05, 4.69) is 20.7 Å². The van der Waals surface area contributed by atoms with Crippen molar-refractivity contribution >= 4 is 29.7 Å². The molecule has 1 amide bonds. The Labute approximate surface area is 172 Å². The lowest BCUT2D eigenvalue weighted by molar-refractivity contribution is 0.0934. The second-order valence-corrected chi connectivity index (χ2v) is 7.50. The Hall–Kier alpha value is -2.29. The Morgan fingerprint density at radius 1 is 1.36 bits per heavy atom. The molecule has 0 saturated carbocycles. The number of nitrogens with one attached hydrogen (secondary N) is 2. The highest BCUT2D eigenvalue weighted by Gasteiger charge is 2.21. The zero-order valence-corrected chi connectivity index (χ0v) is 16.7. The van der Waals surface area contributed by atoms with Gasteiger partial charge in [-0.1, -0.05) is 12.1 Å². The number of carbonyl (C=O) groups excluding carboxylic acids is 1. The van der Waals surface area contributed by atoms with Crippen molar-refractivity contribution < 1.29 is 9.18 Å². The van der Waals surface area contributed by atoms with Crippen molar-refractivity contribution in [3.05, 3.63) is 53.4 Å². The van der Waals surface area contributed by atoms with Crippen molar-refractivity contribution in [2.45, 2.75) is 12.8 Å². The number of amides is 1. The molecular weight excluding hydrogens is 401 g/mol. The molecule has 0 spiro atoms. The van der Waals surface area contributed by atoms with Gasteiger partial charge in [0.1, 0.15) is 5.82 Å². The lowest BCUT2D eigenvalue weighted by atomic mass is 10.00. The zero-order chi connectivity index (χ0) is 18.6. The maximum Gasteiger partial charge on any atom is 0.291 e. The fourth-order valence-electron chi connectivity index (χ4n) is 3.18. The Kier molecular flexibility index (Phi) is 6.77. The van der Waals surface area contributed by atoms with Crippen LogP contribution < -0.4 is 10.6 Å². The van der Waals surface area contributed by atoms with Crippen LogP contribution in [0, 0.1) is 11.7 Å². The van der Waals surface area contributed by atoms with Crippen molar-refractivity contribution in [1.82, 2.24) is 25.4 Å². The first-order valence-electron chi connectivity index (χ1n) is 8.96. The van der Waals surface area contributed by atoms with Gasteiger partial charge in [0.15, 0.2) is 5.82 Å². The van der Waals surface area contributed by atoms with E-state index in [1.54, 1.807) is 12.1 Å². The predicted molar refractivity (Wildman–Crippen MR) is 110 cm³/mol. The van der Waals surface area contributed by atoms with Gasteiger partial charge in [-0.05, 0) is 61.5 Å². The topological polar surface area (TPSA) is 71.8 Å². The first kappa shape index (κ1) is 20.4. The standard InChI is InChI=1S/C19H20FN5OS.ClH/c20-14-5-1-6-15(10-14)25-18(16-7-3-9-27-16)23-17(24-25)19(26)22-12-13-4-2-8-21-11-13;/h1,3,5-7,9-10,13,21H,2,4,8,11-12H2,(H,22,26);1H. The minimum atomic E-state index is -0.365. The van der Waals surface area contributed by atoms with Crippen LogP contribution in [-0.4, -0.2) is 40.3 Å². The van der Waals surface area contributed by atoms with E-state index in [9.17, 15) is 9.18 Å². The van der Waals surface area contributed by atoms with Gasteiger partial charge in [0.2, 0.25) is 5.82 Å². The molecule has 0 bridgehead atoms. The summed E-state index contributed by atoms with van der Waals surface area (Å²) in [6.07, 6.45) is 2.22. The van der Waals surface area contributed by atoms with Crippen LogP contribution in [-0.2, 0) is 0 Å². The van der Waals surface area contributed by atoms with Crippen molar-refractivity contribution in [2.24, 2.45) is 5.92 Å². The van der Waals surface area contributed by atoms with Crippen LogP contribution in [0.15, 0.2) is 41.8 Å². The quantitative estimate of drug-likeness (QED) is 0.663. The molecule has 3 aromatic rings. The molecule has 1 fully saturated rings. The SMILES string of the molecule is Cl.O=C(NCC1CCCNC1)c1nc(-c2cccs2)n(-c2cccc(F)c2)n1. The molecule has 9 heteroatoms. The fourth-order valence-corrected chi connectivity index (χ4v) is 3.87. The van der Waals surface area contributed by atoms with Crippen LogP contribution in [0.2, 0.25) is 0 Å². The summed E-state index contributed by atoms with van der Waals surface area (Å²) in [6.45, 7) is 2.54. The molecule has 1 atom stereocenters. The van der Waals surface area contributed by atoms with Gasteiger partial charge in [-0.3, -0.25) is 4.79 Å². The normalized spacial score (nSPS) is 16.4. The summed E-state index contributed by atoms with van der Waals surface area (Å²) in [6, 6.07) is 9.91. The van der Waals surface area contributed by atoms with Gasteiger partial charge in [0.05, 0.1) is 10.6 Å². The minimum absolute atomic E-state index is 0. The summed E-state index contributed by atoms with van der Waals surface area (Å²) >= 11 is 1.49. The average molecular weight is 422 g/mol. The number of aromatic nitrogens is 3. The zero-order valence-electron chi connectivity index (χ0n) is 15.1. The van der Waals surface area contributed by atoms with E-state index < -0.39 is 0 Å². The van der Waals surface area contributed by atoms with E-state index >= 15 is 0 Å². The molecule has 3 heterocycles. The molecule has 1 aliphatic rings. The number of hydrogen-bond acceptors (Lipinski definition) is 5. The van der Waals surface area contributed by atoms with Crippen LogP contribution >= 0.6 is 23.7 Å². The van der Waals surface area contributed by atoms with Gasteiger partial charge < -0.3 is 10.6 Å².